The maximum atomic E-state index is 5.81. The molecule has 0 unspecified atom stereocenters. The molecule has 1 N–H and O–H groups in total. The summed E-state index contributed by atoms with van der Waals surface area (Å²) in [6.07, 6.45) is 2.35. The Balaban J connectivity index is 2.10. The molecule has 0 saturated heterocycles. The quantitative estimate of drug-likeness (QED) is 0.717. The maximum Gasteiger partial charge on any atom is 0.0717 e. The summed E-state index contributed by atoms with van der Waals surface area (Å²) >= 11 is 5.81. The van der Waals surface area contributed by atoms with E-state index in [1.54, 1.807) is 0 Å². The fourth-order valence-corrected chi connectivity index (χ4v) is 1.81. The summed E-state index contributed by atoms with van der Waals surface area (Å²) in [5.74, 6) is 0. The lowest BCUT2D eigenvalue weighted by molar-refractivity contribution is 0.120. The predicted octanol–water partition coefficient (Wildman–Crippen LogP) is 3.63. The third kappa shape index (κ3) is 6.06. The van der Waals surface area contributed by atoms with Crippen molar-refractivity contribution in [3.63, 3.8) is 0 Å². The fraction of sp³-hybridized carbons (Fsp3) is 0.571. The van der Waals surface area contributed by atoms with Crippen molar-refractivity contribution in [3.8, 4) is 0 Å². The summed E-state index contributed by atoms with van der Waals surface area (Å²) < 4.78 is 5.59. The monoisotopic (exact) mass is 255 g/mol. The van der Waals surface area contributed by atoms with Gasteiger partial charge in [-0.25, -0.2) is 0 Å². The van der Waals surface area contributed by atoms with Crippen LogP contribution in [-0.4, -0.2) is 19.2 Å². The zero-order valence-electron chi connectivity index (χ0n) is 10.7. The molecule has 1 rings (SSSR count). The van der Waals surface area contributed by atoms with Crippen molar-refractivity contribution in [2.45, 2.75) is 39.3 Å². The van der Waals surface area contributed by atoms with Crippen LogP contribution in [0.1, 0.15) is 32.3 Å². The van der Waals surface area contributed by atoms with E-state index in [1.807, 2.05) is 24.3 Å². The van der Waals surface area contributed by atoms with E-state index in [2.05, 4.69) is 19.2 Å². The minimum atomic E-state index is 0.620. The minimum absolute atomic E-state index is 0.620. The van der Waals surface area contributed by atoms with Crippen LogP contribution in [0.5, 0.6) is 0 Å². The zero-order chi connectivity index (χ0) is 12.5. The second kappa shape index (κ2) is 8.51. The summed E-state index contributed by atoms with van der Waals surface area (Å²) in [6.45, 7) is 6.73. The first-order valence-electron chi connectivity index (χ1n) is 6.31. The molecule has 0 amide bonds. The Morgan fingerprint density at radius 3 is 2.41 bits per heavy atom. The van der Waals surface area contributed by atoms with Crippen molar-refractivity contribution < 1.29 is 4.74 Å². The maximum absolute atomic E-state index is 5.81. The van der Waals surface area contributed by atoms with Gasteiger partial charge < -0.3 is 10.1 Å². The van der Waals surface area contributed by atoms with Gasteiger partial charge in [0, 0.05) is 17.6 Å². The summed E-state index contributed by atoms with van der Waals surface area (Å²) in [5, 5.41) is 4.24. The Hall–Kier alpha value is -0.570. The third-order valence-corrected chi connectivity index (χ3v) is 3.10. The highest BCUT2D eigenvalue weighted by Gasteiger charge is 2.00. The molecule has 0 saturated carbocycles. The average Bonchev–Trinajstić information content (AvgIpc) is 2.36. The SMILES string of the molecule is CCC(CC)NCCOCc1ccc(Cl)cc1. The molecule has 96 valence electrons. The lowest BCUT2D eigenvalue weighted by atomic mass is 10.2. The van der Waals surface area contributed by atoms with E-state index in [9.17, 15) is 0 Å². The van der Waals surface area contributed by atoms with Crippen molar-refractivity contribution in [2.75, 3.05) is 13.2 Å². The highest BCUT2D eigenvalue weighted by atomic mass is 35.5. The second-order valence-electron chi connectivity index (χ2n) is 4.15. The third-order valence-electron chi connectivity index (χ3n) is 2.85. The van der Waals surface area contributed by atoms with Crippen LogP contribution in [0.2, 0.25) is 5.02 Å². The number of ether oxygens (including phenoxy) is 1. The van der Waals surface area contributed by atoms with Crippen molar-refractivity contribution in [2.24, 2.45) is 0 Å². The van der Waals surface area contributed by atoms with Gasteiger partial charge in [0.15, 0.2) is 0 Å². The van der Waals surface area contributed by atoms with Crippen LogP contribution in [0.15, 0.2) is 24.3 Å². The summed E-state index contributed by atoms with van der Waals surface area (Å²) in [5.41, 5.74) is 1.16. The Labute approximate surface area is 109 Å². The van der Waals surface area contributed by atoms with Gasteiger partial charge in [-0.05, 0) is 30.5 Å². The van der Waals surface area contributed by atoms with E-state index in [-0.39, 0.29) is 0 Å². The standard InChI is InChI=1S/C14H22ClNO/c1-3-14(4-2)16-9-10-17-11-12-5-7-13(15)8-6-12/h5-8,14,16H,3-4,9-11H2,1-2H3. The lowest BCUT2D eigenvalue weighted by Crippen LogP contribution is -2.30. The number of hydrogen-bond donors (Lipinski definition) is 1. The van der Waals surface area contributed by atoms with Crippen LogP contribution in [0.25, 0.3) is 0 Å². The van der Waals surface area contributed by atoms with Crippen LogP contribution in [0.4, 0.5) is 0 Å². The zero-order valence-corrected chi connectivity index (χ0v) is 11.5. The molecule has 1 aromatic rings. The first-order chi connectivity index (χ1) is 8.26. The highest BCUT2D eigenvalue weighted by Crippen LogP contribution is 2.10. The van der Waals surface area contributed by atoms with Gasteiger partial charge in [0.1, 0.15) is 0 Å². The number of halogens is 1. The topological polar surface area (TPSA) is 21.3 Å². The summed E-state index contributed by atoms with van der Waals surface area (Å²) in [4.78, 5) is 0. The van der Waals surface area contributed by atoms with Crippen molar-refractivity contribution in [3.05, 3.63) is 34.9 Å². The summed E-state index contributed by atoms with van der Waals surface area (Å²) in [6, 6.07) is 8.40. The molecule has 3 heteroatoms. The van der Waals surface area contributed by atoms with Gasteiger partial charge >= 0.3 is 0 Å². The minimum Gasteiger partial charge on any atom is -0.375 e. The largest absolute Gasteiger partial charge is 0.375 e. The molecule has 0 aliphatic rings. The molecular weight excluding hydrogens is 234 g/mol. The average molecular weight is 256 g/mol. The smallest absolute Gasteiger partial charge is 0.0717 e. The number of rotatable bonds is 8. The number of hydrogen-bond acceptors (Lipinski definition) is 2. The van der Waals surface area contributed by atoms with Gasteiger partial charge in [0.2, 0.25) is 0 Å². The van der Waals surface area contributed by atoms with Gasteiger partial charge in [-0.15, -0.1) is 0 Å². The molecular formula is C14H22ClNO. The fourth-order valence-electron chi connectivity index (χ4n) is 1.68. The molecule has 1 aromatic carbocycles. The predicted molar refractivity (Wildman–Crippen MR) is 73.5 cm³/mol. The van der Waals surface area contributed by atoms with Gasteiger partial charge in [-0.2, -0.15) is 0 Å². The molecule has 0 spiro atoms. The van der Waals surface area contributed by atoms with Crippen molar-refractivity contribution >= 4 is 11.6 Å². The Bertz CT molecular complexity index is 296. The highest BCUT2D eigenvalue weighted by molar-refractivity contribution is 6.30. The Morgan fingerprint density at radius 2 is 1.82 bits per heavy atom. The molecule has 0 heterocycles. The molecule has 0 bridgehead atoms. The van der Waals surface area contributed by atoms with Crippen LogP contribution >= 0.6 is 11.6 Å². The molecule has 0 aromatic heterocycles. The van der Waals surface area contributed by atoms with Gasteiger partial charge in [0.05, 0.1) is 13.2 Å². The van der Waals surface area contributed by atoms with E-state index in [0.29, 0.717) is 12.6 Å². The molecule has 0 aliphatic carbocycles. The number of benzene rings is 1. The van der Waals surface area contributed by atoms with Gasteiger partial charge in [-0.3, -0.25) is 0 Å². The molecule has 0 aliphatic heterocycles. The molecule has 0 atom stereocenters. The van der Waals surface area contributed by atoms with E-state index < -0.39 is 0 Å². The van der Waals surface area contributed by atoms with Gasteiger partial charge in [0.25, 0.3) is 0 Å². The summed E-state index contributed by atoms with van der Waals surface area (Å²) in [7, 11) is 0. The van der Waals surface area contributed by atoms with Crippen molar-refractivity contribution in [1.82, 2.24) is 5.32 Å². The molecule has 17 heavy (non-hydrogen) atoms. The van der Waals surface area contributed by atoms with E-state index in [1.165, 1.54) is 12.8 Å². The Morgan fingerprint density at radius 1 is 1.18 bits per heavy atom. The van der Waals surface area contributed by atoms with E-state index in [0.717, 1.165) is 23.7 Å². The van der Waals surface area contributed by atoms with Crippen molar-refractivity contribution in [1.29, 1.82) is 0 Å². The second-order valence-corrected chi connectivity index (χ2v) is 4.58. The first kappa shape index (κ1) is 14.5. The van der Waals surface area contributed by atoms with Crippen LogP contribution < -0.4 is 5.32 Å². The van der Waals surface area contributed by atoms with E-state index in [4.69, 9.17) is 16.3 Å². The number of nitrogens with one attached hydrogen (secondary N) is 1. The normalized spacial score (nSPS) is 11.1. The van der Waals surface area contributed by atoms with Crippen LogP contribution in [0, 0.1) is 0 Å². The van der Waals surface area contributed by atoms with Crippen LogP contribution in [-0.2, 0) is 11.3 Å². The van der Waals surface area contributed by atoms with Gasteiger partial charge in [-0.1, -0.05) is 37.6 Å². The molecule has 2 nitrogen and oxygen atoms in total. The Kier molecular flexibility index (Phi) is 7.25. The lowest BCUT2D eigenvalue weighted by Gasteiger charge is -2.14. The van der Waals surface area contributed by atoms with Crippen LogP contribution in [0.3, 0.4) is 0 Å². The molecule has 0 radical (unpaired) electrons. The first-order valence-corrected chi connectivity index (χ1v) is 6.69. The van der Waals surface area contributed by atoms with E-state index >= 15 is 0 Å². The molecule has 0 fully saturated rings.